The van der Waals surface area contributed by atoms with E-state index in [1.807, 2.05) is 6.92 Å². The van der Waals surface area contributed by atoms with Crippen molar-refractivity contribution in [3.05, 3.63) is 24.3 Å². The molecule has 0 aliphatic heterocycles. The van der Waals surface area contributed by atoms with Gasteiger partial charge < -0.3 is 10.4 Å². The Bertz CT molecular complexity index is 511. The van der Waals surface area contributed by atoms with E-state index in [1.165, 1.54) is 12.1 Å². The van der Waals surface area contributed by atoms with Crippen LogP contribution in [0, 0.1) is 0 Å². The van der Waals surface area contributed by atoms with Crippen LogP contribution in [0.1, 0.15) is 19.8 Å². The smallest absolute Gasteiger partial charge is 0.305 e. The van der Waals surface area contributed by atoms with E-state index in [4.69, 9.17) is 5.11 Å². The predicted octanol–water partition coefficient (Wildman–Crippen LogP) is 1.26. The molecule has 0 aromatic heterocycles. The number of aliphatic carboxylic acids is 1. The Morgan fingerprint density at radius 2 is 1.84 bits per heavy atom. The number of sulfonamides is 1. The summed E-state index contributed by atoms with van der Waals surface area (Å²) in [5.41, 5.74) is 0.690. The number of carbonyl (C=O) groups is 1. The van der Waals surface area contributed by atoms with E-state index in [2.05, 4.69) is 10.0 Å². The van der Waals surface area contributed by atoms with E-state index >= 15 is 0 Å². The topological polar surface area (TPSA) is 95.5 Å². The largest absolute Gasteiger partial charge is 0.481 e. The number of hydrogen-bond acceptors (Lipinski definition) is 4. The lowest BCUT2D eigenvalue weighted by atomic mass is 10.3. The molecule has 0 aliphatic rings. The van der Waals surface area contributed by atoms with Gasteiger partial charge in [-0.25, -0.2) is 13.1 Å². The van der Waals surface area contributed by atoms with Crippen molar-refractivity contribution in [2.24, 2.45) is 0 Å². The fourth-order valence-corrected chi connectivity index (χ4v) is 2.52. The van der Waals surface area contributed by atoms with Gasteiger partial charge in [-0.15, -0.1) is 0 Å². The third kappa shape index (κ3) is 5.27. The quantitative estimate of drug-likeness (QED) is 0.668. The Hall–Kier alpha value is -1.60. The molecule has 0 saturated carbocycles. The summed E-state index contributed by atoms with van der Waals surface area (Å²) in [4.78, 5) is 10.5. The Labute approximate surface area is 112 Å². The highest BCUT2D eigenvalue weighted by Crippen LogP contribution is 2.13. The zero-order valence-electron chi connectivity index (χ0n) is 10.7. The van der Waals surface area contributed by atoms with Gasteiger partial charge in [-0.1, -0.05) is 6.92 Å². The summed E-state index contributed by atoms with van der Waals surface area (Å²) in [6.45, 7) is 2.59. The molecule has 3 N–H and O–H groups in total. The first-order valence-corrected chi connectivity index (χ1v) is 7.49. The van der Waals surface area contributed by atoms with Crippen LogP contribution < -0.4 is 10.0 Å². The maximum absolute atomic E-state index is 11.8. The maximum Gasteiger partial charge on any atom is 0.305 e. The molecule has 0 saturated heterocycles. The van der Waals surface area contributed by atoms with Gasteiger partial charge in [0.1, 0.15) is 0 Å². The van der Waals surface area contributed by atoms with Crippen molar-refractivity contribution in [3.8, 4) is 0 Å². The summed E-state index contributed by atoms with van der Waals surface area (Å²) in [6.07, 6.45) is 0.742. The molecule has 1 aromatic rings. The minimum absolute atomic E-state index is 0.0120. The summed E-state index contributed by atoms with van der Waals surface area (Å²) in [5.74, 6) is -0.879. The lowest BCUT2D eigenvalue weighted by molar-refractivity contribution is -0.136. The van der Waals surface area contributed by atoms with Gasteiger partial charge in [0.2, 0.25) is 10.0 Å². The summed E-state index contributed by atoms with van der Waals surface area (Å²) in [5, 5.41) is 11.4. The second-order valence-corrected chi connectivity index (χ2v) is 5.76. The standard InChI is InChI=1S/C12H18N2O4S/c1-2-8-14-19(17,18)11-5-3-10(4-6-11)13-9-7-12(15)16/h3-6,13-14H,2,7-9H2,1H3,(H,15,16). The zero-order chi connectivity index (χ0) is 14.3. The van der Waals surface area contributed by atoms with Crippen molar-refractivity contribution in [2.75, 3.05) is 18.4 Å². The molecular weight excluding hydrogens is 268 g/mol. The number of benzene rings is 1. The molecule has 0 atom stereocenters. The Kier molecular flexibility index (Phi) is 5.78. The summed E-state index contributed by atoms with van der Waals surface area (Å²) in [7, 11) is -3.45. The first-order valence-electron chi connectivity index (χ1n) is 6.01. The monoisotopic (exact) mass is 286 g/mol. The lowest BCUT2D eigenvalue weighted by Crippen LogP contribution is -2.24. The van der Waals surface area contributed by atoms with Crippen molar-refractivity contribution in [1.82, 2.24) is 4.72 Å². The Balaban J connectivity index is 2.63. The van der Waals surface area contributed by atoms with Crippen molar-refractivity contribution in [1.29, 1.82) is 0 Å². The minimum Gasteiger partial charge on any atom is -0.481 e. The Morgan fingerprint density at radius 3 is 2.37 bits per heavy atom. The van der Waals surface area contributed by atoms with E-state index in [1.54, 1.807) is 12.1 Å². The molecule has 0 aliphatic carbocycles. The van der Waals surface area contributed by atoms with E-state index in [9.17, 15) is 13.2 Å². The van der Waals surface area contributed by atoms with Crippen molar-refractivity contribution < 1.29 is 18.3 Å². The fourth-order valence-electron chi connectivity index (χ4n) is 1.39. The van der Waals surface area contributed by atoms with E-state index in [0.29, 0.717) is 18.8 Å². The molecular formula is C12H18N2O4S. The molecule has 106 valence electrons. The van der Waals surface area contributed by atoms with Crippen LogP contribution >= 0.6 is 0 Å². The molecule has 0 radical (unpaired) electrons. The summed E-state index contributed by atoms with van der Waals surface area (Å²) < 4.78 is 26.1. The van der Waals surface area contributed by atoms with Gasteiger partial charge >= 0.3 is 5.97 Å². The molecule has 1 rings (SSSR count). The summed E-state index contributed by atoms with van der Waals surface area (Å²) in [6, 6.07) is 6.20. The normalized spacial score (nSPS) is 11.2. The summed E-state index contributed by atoms with van der Waals surface area (Å²) >= 11 is 0. The lowest BCUT2D eigenvalue weighted by Gasteiger charge is -2.08. The van der Waals surface area contributed by atoms with Crippen molar-refractivity contribution in [3.63, 3.8) is 0 Å². The van der Waals surface area contributed by atoms with Gasteiger partial charge in [-0.3, -0.25) is 4.79 Å². The number of anilines is 1. The number of carboxylic acid groups (broad SMARTS) is 1. The average molecular weight is 286 g/mol. The van der Waals surface area contributed by atoms with Crippen LogP contribution in [-0.2, 0) is 14.8 Å². The highest BCUT2D eigenvalue weighted by Gasteiger charge is 2.12. The maximum atomic E-state index is 11.8. The second-order valence-electron chi connectivity index (χ2n) is 3.99. The number of nitrogens with one attached hydrogen (secondary N) is 2. The van der Waals surface area contributed by atoms with Crippen molar-refractivity contribution in [2.45, 2.75) is 24.7 Å². The zero-order valence-corrected chi connectivity index (χ0v) is 11.5. The molecule has 0 fully saturated rings. The molecule has 0 spiro atoms. The molecule has 0 heterocycles. The average Bonchev–Trinajstić information content (AvgIpc) is 2.37. The molecule has 19 heavy (non-hydrogen) atoms. The molecule has 0 unspecified atom stereocenters. The second kappa shape index (κ2) is 7.10. The van der Waals surface area contributed by atoms with Crippen LogP contribution in [0.3, 0.4) is 0 Å². The van der Waals surface area contributed by atoms with E-state index in [0.717, 1.165) is 6.42 Å². The van der Waals surface area contributed by atoms with Gasteiger partial charge in [0.25, 0.3) is 0 Å². The van der Waals surface area contributed by atoms with Crippen molar-refractivity contribution >= 4 is 21.7 Å². The fraction of sp³-hybridized carbons (Fsp3) is 0.417. The van der Waals surface area contributed by atoms with E-state index < -0.39 is 16.0 Å². The third-order valence-electron chi connectivity index (χ3n) is 2.37. The van der Waals surface area contributed by atoms with Gasteiger partial charge in [-0.2, -0.15) is 0 Å². The van der Waals surface area contributed by atoms with Crippen LogP contribution in [0.15, 0.2) is 29.2 Å². The first-order chi connectivity index (χ1) is 8.95. The van der Waals surface area contributed by atoms with Gasteiger partial charge in [0.15, 0.2) is 0 Å². The predicted molar refractivity (Wildman–Crippen MR) is 72.7 cm³/mol. The van der Waals surface area contributed by atoms with Gasteiger partial charge in [-0.05, 0) is 30.7 Å². The number of rotatable bonds is 8. The molecule has 7 heteroatoms. The highest BCUT2D eigenvalue weighted by atomic mass is 32.2. The number of carboxylic acids is 1. The number of hydrogen-bond donors (Lipinski definition) is 3. The van der Waals surface area contributed by atoms with E-state index in [-0.39, 0.29) is 11.3 Å². The van der Waals surface area contributed by atoms with Crippen LogP contribution in [0.4, 0.5) is 5.69 Å². The highest BCUT2D eigenvalue weighted by molar-refractivity contribution is 7.89. The van der Waals surface area contributed by atoms with Gasteiger partial charge in [0.05, 0.1) is 11.3 Å². The molecule has 0 amide bonds. The Morgan fingerprint density at radius 1 is 1.21 bits per heavy atom. The molecule has 6 nitrogen and oxygen atoms in total. The first kappa shape index (κ1) is 15.5. The minimum atomic E-state index is -3.45. The molecule has 0 bridgehead atoms. The van der Waals surface area contributed by atoms with Crippen LogP contribution in [-0.4, -0.2) is 32.6 Å². The third-order valence-corrected chi connectivity index (χ3v) is 3.85. The van der Waals surface area contributed by atoms with Crippen LogP contribution in [0.2, 0.25) is 0 Å². The van der Waals surface area contributed by atoms with Crippen LogP contribution in [0.25, 0.3) is 0 Å². The van der Waals surface area contributed by atoms with Gasteiger partial charge in [0, 0.05) is 18.8 Å². The SMILES string of the molecule is CCCNS(=O)(=O)c1ccc(NCCC(=O)O)cc1. The van der Waals surface area contributed by atoms with Crippen LogP contribution in [0.5, 0.6) is 0 Å². The molecule has 1 aromatic carbocycles.